The summed E-state index contributed by atoms with van der Waals surface area (Å²) in [6.07, 6.45) is 4.83. The Balaban J connectivity index is 2.26. The molecule has 3 heteroatoms. The van der Waals surface area contributed by atoms with E-state index in [1.807, 2.05) is 38.1 Å². The molecule has 0 amide bonds. The lowest BCUT2D eigenvalue weighted by Gasteiger charge is -2.27. The molecule has 1 aliphatic rings. The maximum absolute atomic E-state index is 12.6. The zero-order valence-corrected chi connectivity index (χ0v) is 11.5. The highest BCUT2D eigenvalue weighted by molar-refractivity contribution is 7.85. The highest BCUT2D eigenvalue weighted by Gasteiger charge is 2.32. The molecule has 0 spiro atoms. The summed E-state index contributed by atoms with van der Waals surface area (Å²) in [4.78, 5) is 0.827. The van der Waals surface area contributed by atoms with Crippen molar-refractivity contribution in [1.82, 2.24) is 0 Å². The van der Waals surface area contributed by atoms with Gasteiger partial charge in [-0.2, -0.15) is 5.26 Å². The SMILES string of the molecule is Cc1ccc([S@](=O)[C@@H]2CC=C[C@H](C)[C@@H]2C#N)cc1. The minimum Gasteiger partial charge on any atom is -0.254 e. The summed E-state index contributed by atoms with van der Waals surface area (Å²) in [7, 11) is -1.10. The Hall–Kier alpha value is -1.40. The average molecular weight is 259 g/mol. The maximum atomic E-state index is 12.6. The predicted octanol–water partition coefficient (Wildman–Crippen LogP) is 3.21. The normalized spacial score (nSPS) is 28.6. The molecule has 4 atom stereocenters. The first-order valence-electron chi connectivity index (χ1n) is 6.17. The van der Waals surface area contributed by atoms with Crippen LogP contribution in [-0.2, 0) is 10.8 Å². The molecular formula is C15H17NOS. The summed E-state index contributed by atoms with van der Waals surface area (Å²) < 4.78 is 12.6. The molecule has 1 aliphatic carbocycles. The van der Waals surface area contributed by atoms with Gasteiger partial charge in [-0.05, 0) is 31.4 Å². The molecule has 0 radical (unpaired) electrons. The molecule has 94 valence electrons. The molecule has 1 aromatic carbocycles. The second-order valence-electron chi connectivity index (χ2n) is 4.83. The average Bonchev–Trinajstić information content (AvgIpc) is 2.38. The fourth-order valence-corrected chi connectivity index (χ4v) is 3.92. The first-order valence-corrected chi connectivity index (χ1v) is 7.38. The van der Waals surface area contributed by atoms with Gasteiger partial charge in [-0.15, -0.1) is 0 Å². The van der Waals surface area contributed by atoms with E-state index < -0.39 is 10.8 Å². The van der Waals surface area contributed by atoms with Crippen LogP contribution in [0.5, 0.6) is 0 Å². The molecule has 0 saturated carbocycles. The van der Waals surface area contributed by atoms with Crippen LogP contribution in [0.25, 0.3) is 0 Å². The van der Waals surface area contributed by atoms with Gasteiger partial charge in [-0.1, -0.05) is 36.8 Å². The second kappa shape index (κ2) is 5.49. The number of nitrogens with zero attached hydrogens (tertiary/aromatic N) is 1. The Morgan fingerprint density at radius 1 is 1.33 bits per heavy atom. The van der Waals surface area contributed by atoms with Crippen LogP contribution >= 0.6 is 0 Å². The smallest absolute Gasteiger partial charge is 0.0674 e. The molecule has 2 nitrogen and oxygen atoms in total. The van der Waals surface area contributed by atoms with Crippen LogP contribution in [0.15, 0.2) is 41.3 Å². The van der Waals surface area contributed by atoms with Crippen LogP contribution in [0, 0.1) is 30.1 Å². The summed E-state index contributed by atoms with van der Waals surface area (Å²) in [6, 6.07) is 10.1. The maximum Gasteiger partial charge on any atom is 0.0674 e. The lowest BCUT2D eigenvalue weighted by Crippen LogP contribution is -2.31. The van der Waals surface area contributed by atoms with E-state index in [0.29, 0.717) is 0 Å². The van der Waals surface area contributed by atoms with Gasteiger partial charge in [0, 0.05) is 4.90 Å². The minimum atomic E-state index is -1.10. The van der Waals surface area contributed by atoms with Crippen LogP contribution in [0.2, 0.25) is 0 Å². The summed E-state index contributed by atoms with van der Waals surface area (Å²) in [5, 5.41) is 9.17. The number of hydrogen-bond donors (Lipinski definition) is 0. The molecule has 18 heavy (non-hydrogen) atoms. The Kier molecular flexibility index (Phi) is 3.98. The van der Waals surface area contributed by atoms with Gasteiger partial charge >= 0.3 is 0 Å². The Bertz CT molecular complexity index is 512. The Morgan fingerprint density at radius 2 is 2.00 bits per heavy atom. The largest absolute Gasteiger partial charge is 0.254 e. The van der Waals surface area contributed by atoms with Crippen molar-refractivity contribution in [2.24, 2.45) is 11.8 Å². The zero-order valence-electron chi connectivity index (χ0n) is 10.7. The number of benzene rings is 1. The standard InChI is InChI=1S/C15H17NOS/c1-11-6-8-13(9-7-11)18(17)15-5-3-4-12(2)14(15)10-16/h3-4,6-9,12,14-15H,5H2,1-2H3/t12-,14-,15+,18-/m0/s1. The van der Waals surface area contributed by atoms with Gasteiger partial charge in [-0.3, -0.25) is 4.21 Å². The third kappa shape index (κ3) is 2.54. The number of aryl methyl sites for hydroxylation is 1. The van der Waals surface area contributed by atoms with Gasteiger partial charge in [0.15, 0.2) is 0 Å². The van der Waals surface area contributed by atoms with Crippen LogP contribution in [-0.4, -0.2) is 9.46 Å². The van der Waals surface area contributed by atoms with Gasteiger partial charge in [0.1, 0.15) is 0 Å². The number of hydrogen-bond acceptors (Lipinski definition) is 2. The van der Waals surface area contributed by atoms with Crippen LogP contribution in [0.3, 0.4) is 0 Å². The summed E-state index contributed by atoms with van der Waals surface area (Å²) in [5.74, 6) is 0.0280. The van der Waals surface area contributed by atoms with E-state index in [4.69, 9.17) is 0 Å². The molecule has 0 bridgehead atoms. The van der Waals surface area contributed by atoms with Crippen molar-refractivity contribution in [3.63, 3.8) is 0 Å². The van der Waals surface area contributed by atoms with E-state index in [1.54, 1.807) is 0 Å². The zero-order chi connectivity index (χ0) is 13.1. The Labute approximate surface area is 111 Å². The molecule has 2 rings (SSSR count). The summed E-state index contributed by atoms with van der Waals surface area (Å²) >= 11 is 0. The van der Waals surface area contributed by atoms with Gasteiger partial charge in [0.25, 0.3) is 0 Å². The third-order valence-electron chi connectivity index (χ3n) is 3.45. The van der Waals surface area contributed by atoms with Crippen molar-refractivity contribution in [2.75, 3.05) is 0 Å². The van der Waals surface area contributed by atoms with Crippen molar-refractivity contribution in [1.29, 1.82) is 5.26 Å². The number of nitriles is 1. The van der Waals surface area contributed by atoms with Crippen molar-refractivity contribution in [2.45, 2.75) is 30.4 Å². The molecule has 0 aliphatic heterocycles. The highest BCUT2D eigenvalue weighted by Crippen LogP contribution is 2.30. The van der Waals surface area contributed by atoms with Gasteiger partial charge in [0.05, 0.1) is 28.0 Å². The van der Waals surface area contributed by atoms with E-state index in [0.717, 1.165) is 16.9 Å². The quantitative estimate of drug-likeness (QED) is 0.765. The monoisotopic (exact) mass is 259 g/mol. The van der Waals surface area contributed by atoms with E-state index in [9.17, 15) is 9.47 Å². The molecule has 0 heterocycles. The molecule has 0 aromatic heterocycles. The first kappa shape index (κ1) is 13.0. The lowest BCUT2D eigenvalue weighted by atomic mass is 9.86. The first-order chi connectivity index (χ1) is 8.63. The number of allylic oxidation sites excluding steroid dienone is 2. The van der Waals surface area contributed by atoms with Crippen molar-refractivity contribution < 1.29 is 4.21 Å². The van der Waals surface area contributed by atoms with Gasteiger partial charge in [0.2, 0.25) is 0 Å². The fourth-order valence-electron chi connectivity index (χ4n) is 2.30. The number of rotatable bonds is 2. The van der Waals surface area contributed by atoms with Crippen LogP contribution in [0.1, 0.15) is 18.9 Å². The molecular weight excluding hydrogens is 242 g/mol. The summed E-state index contributed by atoms with van der Waals surface area (Å²) in [6.45, 7) is 4.03. The van der Waals surface area contributed by atoms with E-state index in [2.05, 4.69) is 18.2 Å². The minimum absolute atomic E-state index is 0.0855. The van der Waals surface area contributed by atoms with Crippen molar-refractivity contribution in [3.05, 3.63) is 42.0 Å². The third-order valence-corrected chi connectivity index (χ3v) is 5.22. The van der Waals surface area contributed by atoms with Crippen LogP contribution < -0.4 is 0 Å². The highest BCUT2D eigenvalue weighted by atomic mass is 32.2. The molecule has 1 aromatic rings. The molecule has 0 unspecified atom stereocenters. The molecule has 0 N–H and O–H groups in total. The Morgan fingerprint density at radius 3 is 2.61 bits per heavy atom. The van der Waals surface area contributed by atoms with E-state index >= 15 is 0 Å². The fraction of sp³-hybridized carbons (Fsp3) is 0.400. The molecule has 0 fully saturated rings. The van der Waals surface area contributed by atoms with Gasteiger partial charge < -0.3 is 0 Å². The second-order valence-corrected chi connectivity index (χ2v) is 6.50. The molecule has 0 saturated heterocycles. The van der Waals surface area contributed by atoms with E-state index in [-0.39, 0.29) is 17.1 Å². The van der Waals surface area contributed by atoms with Crippen molar-refractivity contribution >= 4 is 10.8 Å². The van der Waals surface area contributed by atoms with E-state index in [1.165, 1.54) is 0 Å². The lowest BCUT2D eigenvalue weighted by molar-refractivity contribution is 0.472. The van der Waals surface area contributed by atoms with Crippen LogP contribution in [0.4, 0.5) is 0 Å². The van der Waals surface area contributed by atoms with Gasteiger partial charge in [-0.25, -0.2) is 0 Å². The van der Waals surface area contributed by atoms with Crippen molar-refractivity contribution in [3.8, 4) is 6.07 Å². The topological polar surface area (TPSA) is 40.9 Å². The summed E-state index contributed by atoms with van der Waals surface area (Å²) in [5.41, 5.74) is 1.16. The predicted molar refractivity (Wildman–Crippen MR) is 73.4 cm³/mol.